The normalized spacial score (nSPS) is 21.1. The van der Waals surface area contributed by atoms with Gasteiger partial charge in [0, 0.05) is 16.8 Å². The number of alkyl halides is 1. The number of amides is 1. The molecule has 0 saturated heterocycles. The van der Waals surface area contributed by atoms with Gasteiger partial charge in [-0.25, -0.2) is 0 Å². The van der Waals surface area contributed by atoms with E-state index < -0.39 is 0 Å². The topological polar surface area (TPSA) is 29.1 Å². The molecule has 3 heteroatoms. The zero-order valence-corrected chi connectivity index (χ0v) is 10.7. The largest absolute Gasteiger partial charge is 0.351 e. The van der Waals surface area contributed by atoms with Crippen LogP contribution in [0.5, 0.6) is 0 Å². The number of nitrogens with one attached hydrogen (secondary N) is 1. The van der Waals surface area contributed by atoms with Crippen molar-refractivity contribution >= 4 is 21.8 Å². The highest BCUT2D eigenvalue weighted by atomic mass is 79.9. The van der Waals surface area contributed by atoms with Crippen molar-refractivity contribution in [3.05, 3.63) is 0 Å². The van der Waals surface area contributed by atoms with Crippen molar-refractivity contribution in [2.45, 2.75) is 51.5 Å². The SMILES string of the molecule is CCC(C)(CCBr)NC(=O)C1CCC1. The number of hydrogen-bond acceptors (Lipinski definition) is 1. The number of carbonyl (C=O) groups excluding carboxylic acids is 1. The molecule has 0 heterocycles. The lowest BCUT2D eigenvalue weighted by molar-refractivity contribution is -0.129. The molecule has 1 amide bonds. The molecule has 0 aromatic heterocycles. The van der Waals surface area contributed by atoms with E-state index in [2.05, 4.69) is 35.1 Å². The van der Waals surface area contributed by atoms with Gasteiger partial charge in [0.15, 0.2) is 0 Å². The molecule has 1 N–H and O–H groups in total. The monoisotopic (exact) mass is 261 g/mol. The summed E-state index contributed by atoms with van der Waals surface area (Å²) >= 11 is 3.43. The summed E-state index contributed by atoms with van der Waals surface area (Å²) < 4.78 is 0. The fraction of sp³-hybridized carbons (Fsp3) is 0.909. The van der Waals surface area contributed by atoms with Crippen LogP contribution in [0.2, 0.25) is 0 Å². The predicted octanol–water partition coefficient (Wildman–Crippen LogP) is 2.86. The molecule has 1 saturated carbocycles. The lowest BCUT2D eigenvalue weighted by atomic mass is 9.83. The Balaban J connectivity index is 2.41. The van der Waals surface area contributed by atoms with E-state index in [1.54, 1.807) is 0 Å². The van der Waals surface area contributed by atoms with Gasteiger partial charge in [-0.15, -0.1) is 0 Å². The molecule has 0 aromatic rings. The molecule has 0 spiro atoms. The van der Waals surface area contributed by atoms with Crippen molar-refractivity contribution in [2.75, 3.05) is 5.33 Å². The number of hydrogen-bond donors (Lipinski definition) is 1. The van der Waals surface area contributed by atoms with Gasteiger partial charge in [-0.3, -0.25) is 4.79 Å². The van der Waals surface area contributed by atoms with Crippen molar-refractivity contribution in [3.63, 3.8) is 0 Å². The molecule has 1 unspecified atom stereocenters. The summed E-state index contributed by atoms with van der Waals surface area (Å²) in [4.78, 5) is 11.7. The summed E-state index contributed by atoms with van der Waals surface area (Å²) in [5.41, 5.74) is -0.0177. The molecule has 1 rings (SSSR count). The first-order valence-corrected chi connectivity index (χ1v) is 6.61. The van der Waals surface area contributed by atoms with E-state index in [1.165, 1.54) is 6.42 Å². The van der Waals surface area contributed by atoms with E-state index in [4.69, 9.17) is 0 Å². The van der Waals surface area contributed by atoms with Crippen LogP contribution in [-0.2, 0) is 4.79 Å². The zero-order valence-electron chi connectivity index (χ0n) is 9.11. The van der Waals surface area contributed by atoms with Crippen LogP contribution < -0.4 is 5.32 Å². The summed E-state index contributed by atoms with van der Waals surface area (Å²) in [6, 6.07) is 0. The molecule has 1 fully saturated rings. The van der Waals surface area contributed by atoms with Gasteiger partial charge in [-0.05, 0) is 32.6 Å². The van der Waals surface area contributed by atoms with Crippen LogP contribution in [0, 0.1) is 5.92 Å². The highest BCUT2D eigenvalue weighted by Crippen LogP contribution is 2.27. The van der Waals surface area contributed by atoms with E-state index in [1.807, 2.05) is 0 Å². The van der Waals surface area contributed by atoms with Crippen molar-refractivity contribution in [1.29, 1.82) is 0 Å². The summed E-state index contributed by atoms with van der Waals surface area (Å²) in [5.74, 6) is 0.567. The molecule has 1 aliphatic rings. The van der Waals surface area contributed by atoms with Crippen LogP contribution in [0.4, 0.5) is 0 Å². The highest BCUT2D eigenvalue weighted by molar-refractivity contribution is 9.09. The summed E-state index contributed by atoms with van der Waals surface area (Å²) in [6.07, 6.45) is 5.39. The number of halogens is 1. The van der Waals surface area contributed by atoms with Crippen molar-refractivity contribution in [2.24, 2.45) is 5.92 Å². The molecule has 14 heavy (non-hydrogen) atoms. The van der Waals surface area contributed by atoms with Gasteiger partial charge in [0.2, 0.25) is 5.91 Å². The zero-order chi connectivity index (χ0) is 10.6. The maximum atomic E-state index is 11.7. The summed E-state index contributed by atoms with van der Waals surface area (Å²) in [7, 11) is 0. The molecule has 0 aromatic carbocycles. The molecule has 1 aliphatic carbocycles. The van der Waals surface area contributed by atoms with Crippen LogP contribution >= 0.6 is 15.9 Å². The van der Waals surface area contributed by atoms with Gasteiger partial charge < -0.3 is 5.32 Å². The minimum atomic E-state index is -0.0177. The molecular formula is C11H20BrNO. The van der Waals surface area contributed by atoms with E-state index in [-0.39, 0.29) is 11.4 Å². The third-order valence-corrected chi connectivity index (χ3v) is 3.72. The fourth-order valence-corrected chi connectivity index (χ4v) is 2.48. The second-order valence-corrected chi connectivity index (χ2v) is 5.26. The average Bonchev–Trinajstić information content (AvgIpc) is 2.01. The molecule has 1 atom stereocenters. The third kappa shape index (κ3) is 2.97. The van der Waals surface area contributed by atoms with Gasteiger partial charge in [0.05, 0.1) is 0 Å². The van der Waals surface area contributed by atoms with Gasteiger partial charge in [0.1, 0.15) is 0 Å². The fourth-order valence-electron chi connectivity index (χ4n) is 1.61. The lowest BCUT2D eigenvalue weighted by Crippen LogP contribution is -2.49. The van der Waals surface area contributed by atoms with Gasteiger partial charge in [-0.1, -0.05) is 29.3 Å². The van der Waals surface area contributed by atoms with Crippen LogP contribution in [0.3, 0.4) is 0 Å². The molecule has 82 valence electrons. The van der Waals surface area contributed by atoms with Crippen LogP contribution in [0.15, 0.2) is 0 Å². The molecule has 0 radical (unpaired) electrons. The Kier molecular flexibility index (Phi) is 4.42. The second kappa shape index (κ2) is 5.15. The first-order valence-electron chi connectivity index (χ1n) is 5.49. The maximum Gasteiger partial charge on any atom is 0.223 e. The Morgan fingerprint density at radius 2 is 2.21 bits per heavy atom. The number of rotatable bonds is 5. The van der Waals surface area contributed by atoms with E-state index >= 15 is 0 Å². The van der Waals surface area contributed by atoms with Gasteiger partial charge >= 0.3 is 0 Å². The average molecular weight is 262 g/mol. The second-order valence-electron chi connectivity index (χ2n) is 4.47. The van der Waals surface area contributed by atoms with Crippen LogP contribution in [0.1, 0.15) is 46.0 Å². The van der Waals surface area contributed by atoms with Crippen LogP contribution in [-0.4, -0.2) is 16.8 Å². The predicted molar refractivity (Wildman–Crippen MR) is 62.6 cm³/mol. The van der Waals surface area contributed by atoms with E-state index in [0.717, 1.165) is 31.0 Å². The molecule has 2 nitrogen and oxygen atoms in total. The Morgan fingerprint density at radius 1 is 1.57 bits per heavy atom. The Bertz CT molecular complexity index is 203. The Hall–Kier alpha value is -0.0500. The van der Waals surface area contributed by atoms with Gasteiger partial charge in [0.25, 0.3) is 0 Å². The molecule has 0 bridgehead atoms. The molecular weight excluding hydrogens is 242 g/mol. The van der Waals surface area contributed by atoms with Gasteiger partial charge in [-0.2, -0.15) is 0 Å². The lowest BCUT2D eigenvalue weighted by Gasteiger charge is -2.33. The van der Waals surface area contributed by atoms with Crippen molar-refractivity contribution < 1.29 is 4.79 Å². The van der Waals surface area contributed by atoms with E-state index in [0.29, 0.717) is 5.92 Å². The summed E-state index contributed by atoms with van der Waals surface area (Å²) in [5, 5.41) is 4.12. The standard InChI is InChI=1S/C11H20BrNO/c1-3-11(2,7-8-12)13-10(14)9-5-4-6-9/h9H,3-8H2,1-2H3,(H,13,14). The van der Waals surface area contributed by atoms with Crippen molar-refractivity contribution in [3.8, 4) is 0 Å². The Labute approximate surface area is 95.0 Å². The maximum absolute atomic E-state index is 11.7. The van der Waals surface area contributed by atoms with E-state index in [9.17, 15) is 4.79 Å². The highest BCUT2D eigenvalue weighted by Gasteiger charge is 2.30. The third-order valence-electron chi connectivity index (χ3n) is 3.33. The molecule has 0 aliphatic heterocycles. The minimum Gasteiger partial charge on any atom is -0.351 e. The number of carbonyl (C=O) groups is 1. The first-order chi connectivity index (χ1) is 6.61. The van der Waals surface area contributed by atoms with Crippen molar-refractivity contribution in [1.82, 2.24) is 5.32 Å². The minimum absolute atomic E-state index is 0.0177. The summed E-state index contributed by atoms with van der Waals surface area (Å²) in [6.45, 7) is 4.26. The quantitative estimate of drug-likeness (QED) is 0.758. The van der Waals surface area contributed by atoms with Crippen LogP contribution in [0.25, 0.3) is 0 Å². The smallest absolute Gasteiger partial charge is 0.223 e. The Morgan fingerprint density at radius 3 is 2.57 bits per heavy atom. The first kappa shape index (κ1) is 12.0.